The van der Waals surface area contributed by atoms with Crippen LogP contribution in [0, 0.1) is 27.7 Å². The van der Waals surface area contributed by atoms with Gasteiger partial charge in [0, 0.05) is 5.02 Å². The standard InChI is InChI=1S/C18H19ClO3/c1-11-5-12(2)7-15(6-11)21-10-17(20)22-16-8-13(3)18(19)14(4)9-16/h5-9H,10H2,1-4H3. The molecule has 0 spiro atoms. The lowest BCUT2D eigenvalue weighted by Gasteiger charge is -2.10. The molecule has 0 saturated heterocycles. The Balaban J connectivity index is 1.98. The number of carbonyl (C=O) groups excluding carboxylic acids is 1. The first-order valence-electron chi connectivity index (χ1n) is 7.03. The number of hydrogen-bond acceptors (Lipinski definition) is 3. The van der Waals surface area contributed by atoms with Crippen LogP contribution in [0.5, 0.6) is 11.5 Å². The minimum Gasteiger partial charge on any atom is -0.482 e. The number of rotatable bonds is 4. The van der Waals surface area contributed by atoms with Crippen molar-refractivity contribution in [2.75, 3.05) is 6.61 Å². The van der Waals surface area contributed by atoms with E-state index in [4.69, 9.17) is 21.1 Å². The van der Waals surface area contributed by atoms with E-state index >= 15 is 0 Å². The number of carbonyl (C=O) groups is 1. The smallest absolute Gasteiger partial charge is 0.349 e. The van der Waals surface area contributed by atoms with Crippen LogP contribution in [0.4, 0.5) is 0 Å². The number of esters is 1. The van der Waals surface area contributed by atoms with Gasteiger partial charge in [-0.25, -0.2) is 4.79 Å². The lowest BCUT2D eigenvalue weighted by molar-refractivity contribution is -0.136. The van der Waals surface area contributed by atoms with Gasteiger partial charge in [-0.1, -0.05) is 17.7 Å². The number of hydrogen-bond donors (Lipinski definition) is 0. The third kappa shape index (κ3) is 4.25. The van der Waals surface area contributed by atoms with Crippen molar-refractivity contribution in [3.05, 3.63) is 57.6 Å². The predicted octanol–water partition coefficient (Wildman–Crippen LogP) is 4.56. The van der Waals surface area contributed by atoms with Gasteiger partial charge >= 0.3 is 5.97 Å². The third-order valence-corrected chi connectivity index (χ3v) is 3.79. The topological polar surface area (TPSA) is 35.5 Å². The molecule has 0 atom stereocenters. The second-order valence-corrected chi connectivity index (χ2v) is 5.84. The van der Waals surface area contributed by atoms with Crippen LogP contribution in [0.3, 0.4) is 0 Å². The highest BCUT2D eigenvalue weighted by Crippen LogP contribution is 2.26. The summed E-state index contributed by atoms with van der Waals surface area (Å²) in [4.78, 5) is 11.9. The lowest BCUT2D eigenvalue weighted by Crippen LogP contribution is -2.18. The minimum atomic E-state index is -0.444. The summed E-state index contributed by atoms with van der Waals surface area (Å²) in [6, 6.07) is 9.30. The average Bonchev–Trinajstić information content (AvgIpc) is 2.41. The molecule has 0 fully saturated rings. The number of halogens is 1. The average molecular weight is 319 g/mol. The lowest BCUT2D eigenvalue weighted by atomic mass is 10.1. The van der Waals surface area contributed by atoms with Gasteiger partial charge in [0.15, 0.2) is 6.61 Å². The highest BCUT2D eigenvalue weighted by atomic mass is 35.5. The molecule has 0 aliphatic rings. The molecule has 2 aromatic carbocycles. The zero-order chi connectivity index (χ0) is 16.3. The van der Waals surface area contributed by atoms with Crippen LogP contribution in [-0.4, -0.2) is 12.6 Å². The number of aryl methyl sites for hydroxylation is 4. The maximum Gasteiger partial charge on any atom is 0.349 e. The molecule has 0 N–H and O–H groups in total. The van der Waals surface area contributed by atoms with E-state index in [9.17, 15) is 4.79 Å². The molecule has 0 radical (unpaired) electrons. The third-order valence-electron chi connectivity index (χ3n) is 3.19. The molecule has 0 unspecified atom stereocenters. The van der Waals surface area contributed by atoms with Crippen molar-refractivity contribution in [2.24, 2.45) is 0 Å². The van der Waals surface area contributed by atoms with Crippen molar-refractivity contribution in [3.63, 3.8) is 0 Å². The van der Waals surface area contributed by atoms with Crippen molar-refractivity contribution in [1.29, 1.82) is 0 Å². The van der Waals surface area contributed by atoms with Gasteiger partial charge in [0.25, 0.3) is 0 Å². The molecule has 2 aromatic rings. The normalized spacial score (nSPS) is 10.4. The first kappa shape index (κ1) is 16.4. The molecule has 2 rings (SSSR count). The monoisotopic (exact) mass is 318 g/mol. The fourth-order valence-corrected chi connectivity index (χ4v) is 2.39. The Morgan fingerprint density at radius 2 is 1.45 bits per heavy atom. The van der Waals surface area contributed by atoms with E-state index in [-0.39, 0.29) is 6.61 Å². The maximum absolute atomic E-state index is 11.9. The van der Waals surface area contributed by atoms with Gasteiger partial charge in [-0.3, -0.25) is 0 Å². The first-order chi connectivity index (χ1) is 10.3. The Morgan fingerprint density at radius 3 is 2.00 bits per heavy atom. The van der Waals surface area contributed by atoms with Gasteiger partial charge in [-0.15, -0.1) is 0 Å². The summed E-state index contributed by atoms with van der Waals surface area (Å²) < 4.78 is 10.8. The molecule has 0 saturated carbocycles. The highest BCUT2D eigenvalue weighted by molar-refractivity contribution is 6.32. The summed E-state index contributed by atoms with van der Waals surface area (Å²) in [5, 5.41) is 0.686. The molecule has 0 aliphatic carbocycles. The van der Waals surface area contributed by atoms with Gasteiger partial charge in [-0.05, 0) is 74.2 Å². The molecular weight excluding hydrogens is 300 g/mol. The van der Waals surface area contributed by atoms with Crippen LogP contribution in [0.2, 0.25) is 5.02 Å². The van der Waals surface area contributed by atoms with E-state index in [1.165, 1.54) is 0 Å². The van der Waals surface area contributed by atoms with Crippen LogP contribution < -0.4 is 9.47 Å². The Kier molecular flexibility index (Phi) is 5.09. The van der Waals surface area contributed by atoms with E-state index in [1.807, 2.05) is 45.9 Å². The Hall–Kier alpha value is -2.00. The number of ether oxygens (including phenoxy) is 2. The molecule has 116 valence electrons. The quantitative estimate of drug-likeness (QED) is 0.612. The fraction of sp³-hybridized carbons (Fsp3) is 0.278. The van der Waals surface area contributed by atoms with Gasteiger partial charge in [0.05, 0.1) is 0 Å². The van der Waals surface area contributed by atoms with Crippen LogP contribution in [0.15, 0.2) is 30.3 Å². The summed E-state index contributed by atoms with van der Waals surface area (Å²) in [5.41, 5.74) is 3.93. The zero-order valence-electron chi connectivity index (χ0n) is 13.2. The number of benzene rings is 2. The van der Waals surface area contributed by atoms with Crippen LogP contribution in [0.1, 0.15) is 22.3 Å². The molecule has 22 heavy (non-hydrogen) atoms. The van der Waals surface area contributed by atoms with Crippen molar-refractivity contribution >= 4 is 17.6 Å². The first-order valence-corrected chi connectivity index (χ1v) is 7.41. The summed E-state index contributed by atoms with van der Waals surface area (Å²) >= 11 is 6.09. The molecule has 0 amide bonds. The maximum atomic E-state index is 11.9. The Morgan fingerprint density at radius 1 is 0.909 bits per heavy atom. The van der Waals surface area contributed by atoms with Gasteiger partial charge in [0.2, 0.25) is 0 Å². The predicted molar refractivity (Wildman–Crippen MR) is 88.0 cm³/mol. The summed E-state index contributed by atoms with van der Waals surface area (Å²) in [5.74, 6) is 0.701. The van der Waals surface area contributed by atoms with Crippen molar-refractivity contribution in [1.82, 2.24) is 0 Å². The van der Waals surface area contributed by atoms with E-state index in [0.29, 0.717) is 16.5 Å². The minimum absolute atomic E-state index is 0.135. The Labute approximate surface area is 135 Å². The van der Waals surface area contributed by atoms with Crippen molar-refractivity contribution in [3.8, 4) is 11.5 Å². The molecule has 3 nitrogen and oxygen atoms in total. The van der Waals surface area contributed by atoms with Crippen LogP contribution in [0.25, 0.3) is 0 Å². The highest BCUT2D eigenvalue weighted by Gasteiger charge is 2.09. The Bertz CT molecular complexity index is 664. The van der Waals surface area contributed by atoms with E-state index in [1.54, 1.807) is 12.1 Å². The molecule has 0 aromatic heterocycles. The molecule has 0 heterocycles. The zero-order valence-corrected chi connectivity index (χ0v) is 14.0. The van der Waals surface area contributed by atoms with E-state index < -0.39 is 5.97 Å². The van der Waals surface area contributed by atoms with Crippen LogP contribution >= 0.6 is 11.6 Å². The molecule has 0 aliphatic heterocycles. The van der Waals surface area contributed by atoms with Gasteiger partial charge in [-0.2, -0.15) is 0 Å². The van der Waals surface area contributed by atoms with E-state index in [2.05, 4.69) is 0 Å². The SMILES string of the molecule is Cc1cc(C)cc(OCC(=O)Oc2cc(C)c(Cl)c(C)c2)c1. The van der Waals surface area contributed by atoms with Gasteiger partial charge in [0.1, 0.15) is 11.5 Å². The van der Waals surface area contributed by atoms with Crippen LogP contribution in [-0.2, 0) is 4.79 Å². The van der Waals surface area contributed by atoms with Crippen molar-refractivity contribution in [2.45, 2.75) is 27.7 Å². The van der Waals surface area contributed by atoms with E-state index in [0.717, 1.165) is 22.3 Å². The fourth-order valence-electron chi connectivity index (χ4n) is 2.28. The van der Waals surface area contributed by atoms with Gasteiger partial charge < -0.3 is 9.47 Å². The molecular formula is C18H19ClO3. The second kappa shape index (κ2) is 6.84. The summed E-state index contributed by atoms with van der Waals surface area (Å²) in [6.45, 7) is 7.58. The molecule has 0 bridgehead atoms. The molecule has 4 heteroatoms. The second-order valence-electron chi connectivity index (χ2n) is 5.46. The largest absolute Gasteiger partial charge is 0.482 e. The summed E-state index contributed by atoms with van der Waals surface area (Å²) in [7, 11) is 0. The van der Waals surface area contributed by atoms with Crippen molar-refractivity contribution < 1.29 is 14.3 Å². The summed E-state index contributed by atoms with van der Waals surface area (Å²) in [6.07, 6.45) is 0.